The molecule has 6 nitrogen and oxygen atoms in total. The Hall–Kier alpha value is -3.15. The molecule has 1 N–H and O–H groups in total. The van der Waals surface area contributed by atoms with Crippen molar-refractivity contribution >= 4 is 11.6 Å². The zero-order chi connectivity index (χ0) is 18.6. The van der Waals surface area contributed by atoms with Crippen molar-refractivity contribution in [2.45, 2.75) is 32.1 Å². The number of nitrogens with zero attached hydrogens (tertiary/aromatic N) is 2. The van der Waals surface area contributed by atoms with E-state index in [0.717, 1.165) is 24.2 Å². The van der Waals surface area contributed by atoms with Crippen molar-refractivity contribution < 1.29 is 14.1 Å². The van der Waals surface area contributed by atoms with Crippen LogP contribution in [-0.2, 0) is 0 Å². The second-order valence-electron chi connectivity index (χ2n) is 6.58. The minimum Gasteiger partial charge on any atom is -0.494 e. The molecule has 1 heterocycles. The number of anilines is 1. The van der Waals surface area contributed by atoms with E-state index in [1.54, 1.807) is 12.1 Å². The van der Waals surface area contributed by atoms with Crippen molar-refractivity contribution in [3.05, 3.63) is 60.0 Å². The number of amides is 1. The minimum absolute atomic E-state index is 0.191. The second kappa shape index (κ2) is 7.61. The van der Waals surface area contributed by atoms with Crippen LogP contribution in [0.5, 0.6) is 5.75 Å². The van der Waals surface area contributed by atoms with Gasteiger partial charge in [0.25, 0.3) is 5.91 Å². The third-order valence-electron chi connectivity index (χ3n) is 4.70. The standard InChI is InChI=1S/C21H21N3O3/c1-2-26-18-11-9-17(10-12-18)22-20(25)16-8-4-7-15(13-16)19-23-21(27-24-19)14-5-3-6-14/h4,7-14H,2-3,5-6H2,1H3,(H,22,25). The lowest BCUT2D eigenvalue weighted by Crippen LogP contribution is -2.12. The normalized spacial score (nSPS) is 13.8. The van der Waals surface area contributed by atoms with Gasteiger partial charge in [0.15, 0.2) is 0 Å². The summed E-state index contributed by atoms with van der Waals surface area (Å²) in [6.07, 6.45) is 3.42. The van der Waals surface area contributed by atoms with Gasteiger partial charge in [0.1, 0.15) is 5.75 Å². The Kier molecular flexibility index (Phi) is 4.87. The number of nitrogens with one attached hydrogen (secondary N) is 1. The first kappa shape index (κ1) is 17.3. The van der Waals surface area contributed by atoms with E-state index in [0.29, 0.717) is 35.5 Å². The predicted molar refractivity (Wildman–Crippen MR) is 102 cm³/mol. The van der Waals surface area contributed by atoms with Crippen LogP contribution in [0.2, 0.25) is 0 Å². The van der Waals surface area contributed by atoms with Gasteiger partial charge in [-0.15, -0.1) is 0 Å². The van der Waals surface area contributed by atoms with E-state index in [1.165, 1.54) is 6.42 Å². The Morgan fingerprint density at radius 3 is 2.74 bits per heavy atom. The van der Waals surface area contributed by atoms with Crippen LogP contribution < -0.4 is 10.1 Å². The SMILES string of the molecule is CCOc1ccc(NC(=O)c2cccc(-c3noc(C4CCC4)n3)c2)cc1. The van der Waals surface area contributed by atoms with Crippen molar-refractivity contribution in [3.63, 3.8) is 0 Å². The molecule has 0 atom stereocenters. The molecular formula is C21H21N3O3. The molecule has 1 fully saturated rings. The number of carbonyl (C=O) groups is 1. The highest BCUT2D eigenvalue weighted by molar-refractivity contribution is 6.04. The summed E-state index contributed by atoms with van der Waals surface area (Å²) < 4.78 is 10.8. The minimum atomic E-state index is -0.191. The number of carbonyl (C=O) groups excluding carboxylic acids is 1. The number of aromatic nitrogens is 2. The summed E-state index contributed by atoms with van der Waals surface area (Å²) in [6.45, 7) is 2.54. The molecule has 0 aliphatic heterocycles. The molecule has 1 aromatic heterocycles. The van der Waals surface area contributed by atoms with E-state index in [4.69, 9.17) is 9.26 Å². The molecule has 6 heteroatoms. The fourth-order valence-electron chi connectivity index (χ4n) is 2.98. The average molecular weight is 363 g/mol. The fraction of sp³-hybridized carbons (Fsp3) is 0.286. The summed E-state index contributed by atoms with van der Waals surface area (Å²) in [5.41, 5.74) is 2.01. The molecule has 1 amide bonds. The first-order chi connectivity index (χ1) is 13.2. The van der Waals surface area contributed by atoms with E-state index in [2.05, 4.69) is 15.5 Å². The summed E-state index contributed by atoms with van der Waals surface area (Å²) >= 11 is 0. The number of benzene rings is 2. The average Bonchev–Trinajstić information content (AvgIpc) is 3.12. The van der Waals surface area contributed by atoms with Crippen molar-refractivity contribution in [2.24, 2.45) is 0 Å². The second-order valence-corrected chi connectivity index (χ2v) is 6.58. The molecule has 0 spiro atoms. The van der Waals surface area contributed by atoms with Crippen LogP contribution in [-0.4, -0.2) is 22.7 Å². The zero-order valence-corrected chi connectivity index (χ0v) is 15.1. The highest BCUT2D eigenvalue weighted by Gasteiger charge is 2.25. The first-order valence-corrected chi connectivity index (χ1v) is 9.21. The maximum atomic E-state index is 12.6. The molecule has 27 heavy (non-hydrogen) atoms. The number of hydrogen-bond donors (Lipinski definition) is 1. The van der Waals surface area contributed by atoms with E-state index in [-0.39, 0.29) is 5.91 Å². The van der Waals surface area contributed by atoms with Gasteiger partial charge in [0.2, 0.25) is 11.7 Å². The topological polar surface area (TPSA) is 77.2 Å². The Labute approximate surface area is 157 Å². The number of ether oxygens (including phenoxy) is 1. The number of rotatable bonds is 6. The maximum Gasteiger partial charge on any atom is 0.255 e. The largest absolute Gasteiger partial charge is 0.494 e. The van der Waals surface area contributed by atoms with Gasteiger partial charge in [-0.25, -0.2) is 0 Å². The monoisotopic (exact) mass is 363 g/mol. The van der Waals surface area contributed by atoms with Crippen LogP contribution in [0.25, 0.3) is 11.4 Å². The smallest absolute Gasteiger partial charge is 0.255 e. The van der Waals surface area contributed by atoms with E-state index in [1.807, 2.05) is 43.3 Å². The van der Waals surface area contributed by atoms with Crippen LogP contribution >= 0.6 is 0 Å². The molecule has 0 radical (unpaired) electrons. The van der Waals surface area contributed by atoms with Gasteiger partial charge >= 0.3 is 0 Å². The summed E-state index contributed by atoms with van der Waals surface area (Å²) in [6, 6.07) is 14.5. The third kappa shape index (κ3) is 3.84. The molecule has 4 rings (SSSR count). The van der Waals surface area contributed by atoms with Gasteiger partial charge in [-0.1, -0.05) is 23.7 Å². The van der Waals surface area contributed by atoms with Crippen molar-refractivity contribution in [1.29, 1.82) is 0 Å². The highest BCUT2D eigenvalue weighted by atomic mass is 16.5. The van der Waals surface area contributed by atoms with Gasteiger partial charge < -0.3 is 14.6 Å². The van der Waals surface area contributed by atoms with Gasteiger partial charge in [-0.2, -0.15) is 4.98 Å². The van der Waals surface area contributed by atoms with Crippen LogP contribution in [0.3, 0.4) is 0 Å². The van der Waals surface area contributed by atoms with Crippen LogP contribution in [0.15, 0.2) is 53.1 Å². The highest BCUT2D eigenvalue weighted by Crippen LogP contribution is 2.36. The predicted octanol–water partition coefficient (Wildman–Crippen LogP) is 4.66. The van der Waals surface area contributed by atoms with Crippen LogP contribution in [0.1, 0.15) is 48.4 Å². The summed E-state index contributed by atoms with van der Waals surface area (Å²) in [5, 5.41) is 6.96. The zero-order valence-electron chi connectivity index (χ0n) is 15.1. The van der Waals surface area contributed by atoms with Crippen molar-refractivity contribution in [1.82, 2.24) is 10.1 Å². The van der Waals surface area contributed by atoms with Crippen molar-refractivity contribution in [2.75, 3.05) is 11.9 Å². The van der Waals surface area contributed by atoms with Gasteiger partial charge in [-0.3, -0.25) is 4.79 Å². The molecule has 1 saturated carbocycles. The molecule has 0 bridgehead atoms. The molecule has 1 aliphatic rings. The molecule has 3 aromatic rings. The molecule has 2 aromatic carbocycles. The van der Waals surface area contributed by atoms with Crippen LogP contribution in [0, 0.1) is 0 Å². The Morgan fingerprint density at radius 1 is 1.22 bits per heavy atom. The lowest BCUT2D eigenvalue weighted by Gasteiger charge is -2.20. The third-order valence-corrected chi connectivity index (χ3v) is 4.70. The van der Waals surface area contributed by atoms with Crippen LogP contribution in [0.4, 0.5) is 5.69 Å². The molecule has 138 valence electrons. The molecule has 0 unspecified atom stereocenters. The lowest BCUT2D eigenvalue weighted by atomic mass is 9.85. The fourth-order valence-corrected chi connectivity index (χ4v) is 2.98. The van der Waals surface area contributed by atoms with Gasteiger partial charge in [-0.05, 0) is 56.2 Å². The Bertz CT molecular complexity index is 930. The number of hydrogen-bond acceptors (Lipinski definition) is 5. The molecule has 1 aliphatic carbocycles. The molecular weight excluding hydrogens is 342 g/mol. The Morgan fingerprint density at radius 2 is 2.04 bits per heavy atom. The summed E-state index contributed by atoms with van der Waals surface area (Å²) in [5.74, 6) is 2.19. The van der Waals surface area contributed by atoms with E-state index < -0.39 is 0 Å². The lowest BCUT2D eigenvalue weighted by molar-refractivity contribution is 0.102. The summed E-state index contributed by atoms with van der Waals surface area (Å²) in [4.78, 5) is 17.1. The van der Waals surface area contributed by atoms with Gasteiger partial charge in [0, 0.05) is 22.7 Å². The van der Waals surface area contributed by atoms with Crippen molar-refractivity contribution in [3.8, 4) is 17.1 Å². The van der Waals surface area contributed by atoms with Gasteiger partial charge in [0.05, 0.1) is 6.61 Å². The maximum absolute atomic E-state index is 12.6. The quantitative estimate of drug-likeness (QED) is 0.689. The Balaban J connectivity index is 1.47. The first-order valence-electron chi connectivity index (χ1n) is 9.21. The van der Waals surface area contributed by atoms with E-state index >= 15 is 0 Å². The molecule has 0 saturated heterocycles. The summed E-state index contributed by atoms with van der Waals surface area (Å²) in [7, 11) is 0. The van der Waals surface area contributed by atoms with E-state index in [9.17, 15) is 4.79 Å².